The molecule has 1 aliphatic rings. The van der Waals surface area contributed by atoms with Gasteiger partial charge in [0.15, 0.2) is 6.04 Å². The predicted octanol–water partition coefficient (Wildman–Crippen LogP) is 4.12. The van der Waals surface area contributed by atoms with E-state index in [1.54, 1.807) is 9.80 Å². The van der Waals surface area contributed by atoms with Gasteiger partial charge in [-0.1, -0.05) is 53.7 Å². The van der Waals surface area contributed by atoms with Crippen molar-refractivity contribution >= 4 is 46.1 Å². The van der Waals surface area contributed by atoms with E-state index in [0.717, 1.165) is 5.69 Å². The largest absolute Gasteiger partial charge is 0.375 e. The average Bonchev–Trinajstić information content (AvgIpc) is 3.22. The Kier molecular flexibility index (Phi) is 7.17. The SMILES string of the molecule is CC(C)(C)CN1C(=O)C(NC(=O)CNc2ccsc2)C(=O)N(CC(C)(C)C)c2ccccc21. The summed E-state index contributed by atoms with van der Waals surface area (Å²) < 4.78 is 0. The highest BCUT2D eigenvalue weighted by atomic mass is 32.1. The summed E-state index contributed by atoms with van der Waals surface area (Å²) in [6.07, 6.45) is 0. The normalized spacial score (nSPS) is 15.3. The van der Waals surface area contributed by atoms with Crippen molar-refractivity contribution in [3.8, 4) is 0 Å². The van der Waals surface area contributed by atoms with Crippen LogP contribution in [0.3, 0.4) is 0 Å². The lowest BCUT2D eigenvalue weighted by Gasteiger charge is -2.32. The summed E-state index contributed by atoms with van der Waals surface area (Å²) in [6.45, 7) is 13.1. The number of thiophene rings is 1. The van der Waals surface area contributed by atoms with Crippen LogP contribution in [0.5, 0.6) is 0 Å². The number of benzene rings is 1. The maximum absolute atomic E-state index is 13.7. The lowest BCUT2D eigenvalue weighted by molar-refractivity contribution is -0.133. The Labute approximate surface area is 200 Å². The monoisotopic (exact) mass is 470 g/mol. The van der Waals surface area contributed by atoms with E-state index in [9.17, 15) is 14.4 Å². The van der Waals surface area contributed by atoms with Crippen LogP contribution in [0.2, 0.25) is 0 Å². The number of nitrogens with zero attached hydrogens (tertiary/aromatic N) is 2. The molecule has 2 aromatic rings. The van der Waals surface area contributed by atoms with Gasteiger partial charge >= 0.3 is 0 Å². The summed E-state index contributed by atoms with van der Waals surface area (Å²) in [7, 11) is 0. The number of carbonyl (C=O) groups excluding carboxylic acids is 3. The van der Waals surface area contributed by atoms with E-state index in [-0.39, 0.29) is 17.4 Å². The number of fused-ring (bicyclic) bond motifs is 1. The minimum Gasteiger partial charge on any atom is -0.375 e. The minimum atomic E-state index is -1.29. The molecule has 0 saturated carbocycles. The van der Waals surface area contributed by atoms with Crippen LogP contribution in [0.15, 0.2) is 41.1 Å². The van der Waals surface area contributed by atoms with Crippen LogP contribution in [0, 0.1) is 10.8 Å². The molecule has 0 unspecified atom stereocenters. The number of hydrogen-bond donors (Lipinski definition) is 2. The molecule has 2 N–H and O–H groups in total. The average molecular weight is 471 g/mol. The first-order valence-corrected chi connectivity index (χ1v) is 12.1. The Balaban J connectivity index is 1.97. The first-order valence-electron chi connectivity index (χ1n) is 11.1. The van der Waals surface area contributed by atoms with Gasteiger partial charge in [0, 0.05) is 24.2 Å². The number of rotatable bonds is 6. The quantitative estimate of drug-likeness (QED) is 0.623. The van der Waals surface area contributed by atoms with Gasteiger partial charge in [-0.05, 0) is 34.4 Å². The highest BCUT2D eigenvalue weighted by Crippen LogP contribution is 2.36. The van der Waals surface area contributed by atoms with Crippen LogP contribution in [-0.2, 0) is 14.4 Å². The molecule has 1 aromatic heterocycles. The van der Waals surface area contributed by atoms with E-state index in [1.165, 1.54) is 11.3 Å². The zero-order valence-electron chi connectivity index (χ0n) is 20.3. The molecule has 0 fully saturated rings. The summed E-state index contributed by atoms with van der Waals surface area (Å²) in [6, 6.07) is 8.04. The van der Waals surface area contributed by atoms with Gasteiger partial charge in [0.05, 0.1) is 17.9 Å². The molecule has 0 saturated heterocycles. The molecule has 1 aromatic carbocycles. The molecule has 1 aliphatic heterocycles. The topological polar surface area (TPSA) is 81.8 Å². The van der Waals surface area contributed by atoms with Crippen molar-refractivity contribution in [1.82, 2.24) is 5.32 Å². The molecule has 0 radical (unpaired) electrons. The molecule has 0 aliphatic carbocycles. The standard InChI is InChI=1S/C25H34N4O3S/c1-24(2,3)15-28-18-9-7-8-10-19(18)29(16-25(4,5)6)23(32)21(22(28)31)27-20(30)13-26-17-11-12-33-14-17/h7-12,14,21,26H,13,15-16H2,1-6H3,(H,27,30). The van der Waals surface area contributed by atoms with Crippen LogP contribution in [0.4, 0.5) is 17.1 Å². The second kappa shape index (κ2) is 9.55. The fourth-order valence-corrected chi connectivity index (χ4v) is 4.35. The molecule has 3 rings (SSSR count). The minimum absolute atomic E-state index is 0.0285. The van der Waals surface area contributed by atoms with Crippen molar-refractivity contribution in [2.75, 3.05) is 34.8 Å². The van der Waals surface area contributed by atoms with Crippen LogP contribution >= 0.6 is 11.3 Å². The third-order valence-electron chi connectivity index (χ3n) is 5.03. The zero-order chi connectivity index (χ0) is 24.4. The summed E-state index contributed by atoms with van der Waals surface area (Å²) in [5.74, 6) is -1.24. The van der Waals surface area contributed by atoms with Crippen LogP contribution < -0.4 is 20.4 Å². The van der Waals surface area contributed by atoms with E-state index < -0.39 is 23.8 Å². The molecule has 0 atom stereocenters. The fourth-order valence-electron chi connectivity index (χ4n) is 3.73. The van der Waals surface area contributed by atoms with Gasteiger partial charge in [-0.3, -0.25) is 14.4 Å². The van der Waals surface area contributed by atoms with E-state index in [1.807, 2.05) is 82.6 Å². The second-order valence-electron chi connectivity index (χ2n) is 10.8. The Morgan fingerprint density at radius 2 is 1.42 bits per heavy atom. The Morgan fingerprint density at radius 3 is 1.85 bits per heavy atom. The number of amides is 3. The van der Waals surface area contributed by atoms with Crippen molar-refractivity contribution in [2.24, 2.45) is 10.8 Å². The molecule has 3 amide bonds. The number of carbonyl (C=O) groups is 3. The van der Waals surface area contributed by atoms with Gasteiger partial charge in [0.25, 0.3) is 11.8 Å². The molecule has 2 heterocycles. The summed E-state index contributed by atoms with van der Waals surface area (Å²) in [4.78, 5) is 43.5. The van der Waals surface area contributed by atoms with Gasteiger partial charge in [-0.25, -0.2) is 0 Å². The van der Waals surface area contributed by atoms with Gasteiger partial charge in [-0.2, -0.15) is 11.3 Å². The smallest absolute Gasteiger partial charge is 0.259 e. The van der Waals surface area contributed by atoms with Crippen LogP contribution in [0.25, 0.3) is 0 Å². The van der Waals surface area contributed by atoms with Gasteiger partial charge < -0.3 is 20.4 Å². The summed E-state index contributed by atoms with van der Waals surface area (Å²) >= 11 is 1.52. The van der Waals surface area contributed by atoms with E-state index in [2.05, 4.69) is 10.6 Å². The molecule has 33 heavy (non-hydrogen) atoms. The van der Waals surface area contributed by atoms with E-state index in [0.29, 0.717) is 24.5 Å². The van der Waals surface area contributed by atoms with Crippen molar-refractivity contribution in [2.45, 2.75) is 47.6 Å². The van der Waals surface area contributed by atoms with Crippen LogP contribution in [-0.4, -0.2) is 43.4 Å². The summed E-state index contributed by atoms with van der Waals surface area (Å²) in [5.41, 5.74) is 1.77. The highest BCUT2D eigenvalue weighted by molar-refractivity contribution is 7.08. The lowest BCUT2D eigenvalue weighted by Crippen LogP contribution is -2.57. The van der Waals surface area contributed by atoms with Crippen molar-refractivity contribution < 1.29 is 14.4 Å². The fraction of sp³-hybridized carbons (Fsp3) is 0.480. The molecule has 0 spiro atoms. The first kappa shape index (κ1) is 24.8. The van der Waals surface area contributed by atoms with Crippen molar-refractivity contribution in [3.63, 3.8) is 0 Å². The molecule has 7 nitrogen and oxygen atoms in total. The number of anilines is 3. The maximum Gasteiger partial charge on any atom is 0.259 e. The number of hydrogen-bond acceptors (Lipinski definition) is 5. The van der Waals surface area contributed by atoms with E-state index >= 15 is 0 Å². The predicted molar refractivity (Wildman–Crippen MR) is 135 cm³/mol. The maximum atomic E-state index is 13.7. The molecular formula is C25H34N4O3S. The summed E-state index contributed by atoms with van der Waals surface area (Å²) in [5, 5.41) is 9.53. The third-order valence-corrected chi connectivity index (χ3v) is 5.72. The molecule has 8 heteroatoms. The number of para-hydroxylation sites is 2. The van der Waals surface area contributed by atoms with Gasteiger partial charge in [0.2, 0.25) is 5.91 Å². The lowest BCUT2D eigenvalue weighted by atomic mass is 9.95. The first-order chi connectivity index (χ1) is 15.4. The van der Waals surface area contributed by atoms with Crippen LogP contribution in [0.1, 0.15) is 41.5 Å². The molecule has 0 bridgehead atoms. The Bertz CT molecular complexity index is 950. The molecule has 178 valence electrons. The van der Waals surface area contributed by atoms with Gasteiger partial charge in [-0.15, -0.1) is 0 Å². The highest BCUT2D eigenvalue weighted by Gasteiger charge is 2.42. The Hall–Kier alpha value is -2.87. The van der Waals surface area contributed by atoms with Crippen molar-refractivity contribution in [3.05, 3.63) is 41.1 Å². The number of nitrogens with one attached hydrogen (secondary N) is 2. The second-order valence-corrected chi connectivity index (χ2v) is 11.6. The third kappa shape index (κ3) is 6.35. The zero-order valence-corrected chi connectivity index (χ0v) is 21.1. The van der Waals surface area contributed by atoms with E-state index in [4.69, 9.17) is 0 Å². The van der Waals surface area contributed by atoms with Crippen molar-refractivity contribution in [1.29, 1.82) is 0 Å². The molecular weight excluding hydrogens is 436 g/mol. The Morgan fingerprint density at radius 1 is 0.909 bits per heavy atom. The van der Waals surface area contributed by atoms with Gasteiger partial charge in [0.1, 0.15) is 0 Å².